The Bertz CT molecular complexity index is 1370. The highest BCUT2D eigenvalue weighted by Gasteiger charge is 2.24. The number of rotatable bonds is 3. The van der Waals surface area contributed by atoms with Crippen molar-refractivity contribution in [2.24, 2.45) is 0 Å². The topological polar surface area (TPSA) is 94.0 Å². The average molecular weight is 380 g/mol. The summed E-state index contributed by atoms with van der Waals surface area (Å²) in [6.07, 6.45) is 0. The number of nitrogens with two attached hydrogens (primary N) is 1. The molecule has 6 nitrogen and oxygen atoms in total. The second-order valence-corrected chi connectivity index (χ2v) is 6.64. The number of fused-ring (bicyclic) bond motifs is 2. The maximum Gasteiger partial charge on any atom is 0.263 e. The van der Waals surface area contributed by atoms with Gasteiger partial charge in [-0.1, -0.05) is 65.8 Å². The van der Waals surface area contributed by atoms with Gasteiger partial charge in [0.2, 0.25) is 5.88 Å². The number of nitrogens with one attached hydrogen (secondary N) is 1. The van der Waals surface area contributed by atoms with Crippen molar-refractivity contribution in [3.63, 3.8) is 0 Å². The van der Waals surface area contributed by atoms with Gasteiger partial charge in [-0.05, 0) is 23.6 Å². The van der Waals surface area contributed by atoms with E-state index in [9.17, 15) is 4.79 Å². The van der Waals surface area contributed by atoms with E-state index in [1.54, 1.807) is 6.07 Å². The second kappa shape index (κ2) is 6.76. The highest BCUT2D eigenvalue weighted by atomic mass is 16.5. The molecule has 0 aliphatic rings. The van der Waals surface area contributed by atoms with Crippen LogP contribution in [-0.2, 0) is 0 Å². The molecule has 1 amide bonds. The molecule has 3 N–H and O–H groups in total. The third-order valence-electron chi connectivity index (χ3n) is 4.82. The van der Waals surface area contributed by atoms with Crippen molar-refractivity contribution >= 4 is 39.2 Å². The van der Waals surface area contributed by atoms with Gasteiger partial charge in [-0.15, -0.1) is 0 Å². The van der Waals surface area contributed by atoms with Crippen molar-refractivity contribution in [2.75, 3.05) is 11.1 Å². The second-order valence-electron chi connectivity index (χ2n) is 6.64. The predicted molar refractivity (Wildman–Crippen MR) is 114 cm³/mol. The zero-order valence-corrected chi connectivity index (χ0v) is 15.3. The van der Waals surface area contributed by atoms with Crippen LogP contribution in [0.5, 0.6) is 0 Å². The summed E-state index contributed by atoms with van der Waals surface area (Å²) in [4.78, 5) is 17.7. The van der Waals surface area contributed by atoms with E-state index < -0.39 is 5.91 Å². The maximum absolute atomic E-state index is 13.1. The lowest BCUT2D eigenvalue weighted by molar-refractivity contribution is 0.102. The fourth-order valence-electron chi connectivity index (χ4n) is 3.41. The molecule has 0 aliphatic heterocycles. The van der Waals surface area contributed by atoms with E-state index in [-0.39, 0.29) is 11.4 Å². The molecule has 140 valence electrons. The Morgan fingerprint density at radius 3 is 2.52 bits per heavy atom. The van der Waals surface area contributed by atoms with Crippen molar-refractivity contribution in [1.82, 2.24) is 10.1 Å². The molecule has 0 atom stereocenters. The highest BCUT2D eigenvalue weighted by Crippen LogP contribution is 2.29. The number of nitrogen functional groups attached to an aromatic ring is 1. The van der Waals surface area contributed by atoms with Gasteiger partial charge in [0.25, 0.3) is 5.91 Å². The zero-order chi connectivity index (χ0) is 19.8. The molecule has 0 saturated carbocycles. The molecule has 0 radical (unpaired) electrons. The van der Waals surface area contributed by atoms with Gasteiger partial charge >= 0.3 is 0 Å². The lowest BCUT2D eigenvalue weighted by atomic mass is 10.1. The Kier molecular flexibility index (Phi) is 3.95. The Hall–Kier alpha value is -4.19. The van der Waals surface area contributed by atoms with E-state index in [2.05, 4.69) is 15.5 Å². The molecule has 0 aliphatic carbocycles. The third-order valence-corrected chi connectivity index (χ3v) is 4.82. The highest BCUT2D eigenvalue weighted by molar-refractivity contribution is 6.13. The van der Waals surface area contributed by atoms with Gasteiger partial charge in [0.05, 0.1) is 11.2 Å². The summed E-state index contributed by atoms with van der Waals surface area (Å²) in [6.45, 7) is 0. The molecule has 0 unspecified atom stereocenters. The fraction of sp³-hybridized carbons (Fsp3) is 0. The summed E-state index contributed by atoms with van der Waals surface area (Å²) in [5.41, 5.74) is 8.42. The number of benzene rings is 3. The monoisotopic (exact) mass is 380 g/mol. The Morgan fingerprint density at radius 1 is 0.862 bits per heavy atom. The first-order chi connectivity index (χ1) is 14.2. The molecular weight excluding hydrogens is 364 g/mol. The number of carbonyl (C=O) groups excluding carboxylic acids is 1. The van der Waals surface area contributed by atoms with E-state index in [4.69, 9.17) is 10.3 Å². The molecule has 5 aromatic rings. The van der Waals surface area contributed by atoms with Crippen molar-refractivity contribution in [3.05, 3.63) is 84.4 Å². The number of nitrogens with zero attached hydrogens (tertiary/aromatic N) is 2. The van der Waals surface area contributed by atoms with Crippen LogP contribution in [0.2, 0.25) is 0 Å². The number of carbonyl (C=O) groups is 1. The van der Waals surface area contributed by atoms with Crippen LogP contribution in [-0.4, -0.2) is 16.0 Å². The number of amides is 1. The van der Waals surface area contributed by atoms with Gasteiger partial charge in [-0.3, -0.25) is 4.79 Å². The zero-order valence-electron chi connectivity index (χ0n) is 15.3. The van der Waals surface area contributed by atoms with Crippen molar-refractivity contribution < 1.29 is 9.32 Å². The van der Waals surface area contributed by atoms with Gasteiger partial charge in [0.1, 0.15) is 11.3 Å². The maximum atomic E-state index is 13.1. The minimum Gasteiger partial charge on any atom is -0.367 e. The SMILES string of the molecule is Nc1onc(-c2ccc3ccccc3n2)c1C(=O)Nc1cccc2ccccc12. The molecular formula is C23H16N4O2. The summed E-state index contributed by atoms with van der Waals surface area (Å²) in [7, 11) is 0. The normalized spacial score (nSPS) is 11.0. The summed E-state index contributed by atoms with van der Waals surface area (Å²) < 4.78 is 5.14. The van der Waals surface area contributed by atoms with E-state index in [1.165, 1.54) is 0 Å². The van der Waals surface area contributed by atoms with Crippen molar-refractivity contribution in [3.8, 4) is 11.4 Å². The Morgan fingerprint density at radius 2 is 1.62 bits per heavy atom. The smallest absolute Gasteiger partial charge is 0.263 e. The number of hydrogen-bond donors (Lipinski definition) is 2. The first-order valence-electron chi connectivity index (χ1n) is 9.11. The number of pyridine rings is 1. The fourth-order valence-corrected chi connectivity index (χ4v) is 3.41. The summed E-state index contributed by atoms with van der Waals surface area (Å²) >= 11 is 0. The quantitative estimate of drug-likeness (QED) is 0.465. The van der Waals surface area contributed by atoms with Crippen LogP contribution in [0.4, 0.5) is 11.6 Å². The number of aromatic nitrogens is 2. The summed E-state index contributed by atoms with van der Waals surface area (Å²) in [6, 6.07) is 25.0. The standard InChI is InChI=1S/C23H16N4O2/c24-22-20(23(28)26-18-11-5-8-14-6-1-3-9-16(14)18)21(27-29-22)19-13-12-15-7-2-4-10-17(15)25-19/h1-13H,24H2,(H,26,28). The van der Waals surface area contributed by atoms with Crippen LogP contribution in [0.1, 0.15) is 10.4 Å². The number of para-hydroxylation sites is 1. The van der Waals surface area contributed by atoms with Gasteiger partial charge in [0.15, 0.2) is 0 Å². The largest absolute Gasteiger partial charge is 0.367 e. The summed E-state index contributed by atoms with van der Waals surface area (Å²) in [5, 5.41) is 9.88. The van der Waals surface area contributed by atoms with E-state index in [1.807, 2.05) is 72.8 Å². The molecule has 6 heteroatoms. The van der Waals surface area contributed by atoms with Crippen LogP contribution >= 0.6 is 0 Å². The molecule has 0 bridgehead atoms. The molecule has 0 fully saturated rings. The predicted octanol–water partition coefficient (Wildman–Crippen LogP) is 4.88. The Balaban J connectivity index is 1.56. The molecule has 0 spiro atoms. The van der Waals surface area contributed by atoms with E-state index in [0.29, 0.717) is 17.1 Å². The van der Waals surface area contributed by atoms with Crippen LogP contribution in [0, 0.1) is 0 Å². The average Bonchev–Trinajstić information content (AvgIpc) is 3.15. The van der Waals surface area contributed by atoms with Gasteiger partial charge < -0.3 is 15.6 Å². The van der Waals surface area contributed by atoms with Crippen LogP contribution in [0.25, 0.3) is 33.1 Å². The minimum atomic E-state index is -0.398. The first kappa shape index (κ1) is 16.9. The number of hydrogen-bond acceptors (Lipinski definition) is 5. The van der Waals surface area contributed by atoms with Crippen molar-refractivity contribution in [2.45, 2.75) is 0 Å². The molecule has 3 aromatic carbocycles. The molecule has 29 heavy (non-hydrogen) atoms. The van der Waals surface area contributed by atoms with Crippen LogP contribution in [0.15, 0.2) is 83.4 Å². The summed E-state index contributed by atoms with van der Waals surface area (Å²) in [5.74, 6) is -0.447. The van der Waals surface area contributed by atoms with Gasteiger partial charge in [0, 0.05) is 16.5 Å². The third kappa shape index (κ3) is 2.96. The molecule has 5 rings (SSSR count). The van der Waals surface area contributed by atoms with Crippen LogP contribution in [0.3, 0.4) is 0 Å². The Labute approximate surface area is 166 Å². The van der Waals surface area contributed by atoms with Gasteiger partial charge in [-0.25, -0.2) is 4.98 Å². The van der Waals surface area contributed by atoms with E-state index in [0.717, 1.165) is 21.7 Å². The molecule has 2 heterocycles. The molecule has 0 saturated heterocycles. The lowest BCUT2D eigenvalue weighted by Gasteiger charge is -2.09. The minimum absolute atomic E-state index is 0.0484. The molecule has 2 aromatic heterocycles. The van der Waals surface area contributed by atoms with Gasteiger partial charge in [-0.2, -0.15) is 0 Å². The number of anilines is 2. The first-order valence-corrected chi connectivity index (χ1v) is 9.11. The van der Waals surface area contributed by atoms with Crippen molar-refractivity contribution in [1.29, 1.82) is 0 Å². The van der Waals surface area contributed by atoms with Crippen LogP contribution < -0.4 is 11.1 Å². The lowest BCUT2D eigenvalue weighted by Crippen LogP contribution is -2.14. The van der Waals surface area contributed by atoms with E-state index >= 15 is 0 Å².